The maximum Gasteiger partial charge on any atom is 0.185 e. The minimum absolute atomic E-state index is 0. The average molecular weight is 278 g/mol. The maximum atomic E-state index is 10.9. The Balaban J connectivity index is 0.00000128. The molecule has 2 rings (SSSR count). The molecule has 1 aliphatic heterocycles. The zero-order valence-corrected chi connectivity index (χ0v) is 11.6. The third-order valence-electron chi connectivity index (χ3n) is 2.75. The summed E-state index contributed by atoms with van der Waals surface area (Å²) in [6.07, 6.45) is 0. The van der Waals surface area contributed by atoms with Crippen LogP contribution in [0.1, 0.15) is 17.7 Å². The number of carbonyl (C=O) groups is 1. The molecule has 90 valence electrons. The molecule has 0 amide bonds. The van der Waals surface area contributed by atoms with Crippen molar-refractivity contribution >= 4 is 40.6 Å². The molecular formula is C11H16ClNOS2. The summed E-state index contributed by atoms with van der Waals surface area (Å²) in [4.78, 5) is 12.4. The molecule has 16 heavy (non-hydrogen) atoms. The van der Waals surface area contributed by atoms with Crippen LogP contribution in [0.25, 0.3) is 0 Å². The lowest BCUT2D eigenvalue weighted by Gasteiger charge is -2.15. The van der Waals surface area contributed by atoms with E-state index in [9.17, 15) is 4.79 Å². The summed E-state index contributed by atoms with van der Waals surface area (Å²) in [5.74, 6) is 2.17. The average Bonchev–Trinajstić information content (AvgIpc) is 2.85. The van der Waals surface area contributed by atoms with Crippen LogP contribution in [0.3, 0.4) is 0 Å². The minimum atomic E-state index is 0. The van der Waals surface area contributed by atoms with Crippen molar-refractivity contribution < 1.29 is 4.79 Å². The van der Waals surface area contributed by atoms with Gasteiger partial charge >= 0.3 is 0 Å². The van der Waals surface area contributed by atoms with E-state index in [4.69, 9.17) is 0 Å². The van der Waals surface area contributed by atoms with Crippen molar-refractivity contribution in [3.63, 3.8) is 0 Å². The number of halogens is 1. The molecule has 5 heteroatoms. The van der Waals surface area contributed by atoms with E-state index in [0.29, 0.717) is 11.8 Å². The van der Waals surface area contributed by atoms with Gasteiger partial charge in [0.25, 0.3) is 0 Å². The van der Waals surface area contributed by atoms with E-state index in [1.165, 1.54) is 16.6 Å². The topological polar surface area (TPSA) is 29.1 Å². The lowest BCUT2D eigenvalue weighted by atomic mass is 9.96. The smallest absolute Gasteiger partial charge is 0.185 e. The minimum Gasteiger partial charge on any atom is -0.316 e. The Labute approximate surface area is 111 Å². The third kappa shape index (κ3) is 3.48. The van der Waals surface area contributed by atoms with Crippen LogP contribution >= 0.6 is 35.5 Å². The second-order valence-corrected chi connectivity index (χ2v) is 6.02. The summed E-state index contributed by atoms with van der Waals surface area (Å²) in [6.45, 7) is 3.75. The van der Waals surface area contributed by atoms with Crippen LogP contribution in [-0.4, -0.2) is 24.0 Å². The van der Waals surface area contributed by atoms with Crippen molar-refractivity contribution in [2.75, 3.05) is 18.8 Å². The van der Waals surface area contributed by atoms with Crippen molar-refractivity contribution in [2.24, 2.45) is 5.92 Å². The van der Waals surface area contributed by atoms with E-state index in [1.54, 1.807) is 6.92 Å². The Hall–Kier alpha value is -0.0300. The van der Waals surface area contributed by atoms with Gasteiger partial charge in [-0.1, -0.05) is 17.8 Å². The van der Waals surface area contributed by atoms with Crippen LogP contribution in [0.2, 0.25) is 0 Å². The van der Waals surface area contributed by atoms with E-state index < -0.39 is 0 Å². The van der Waals surface area contributed by atoms with Crippen molar-refractivity contribution in [2.45, 2.75) is 12.8 Å². The number of nitrogens with one attached hydrogen (secondary N) is 1. The van der Waals surface area contributed by atoms with Crippen molar-refractivity contribution in [1.82, 2.24) is 5.32 Å². The molecule has 0 aromatic carbocycles. The van der Waals surface area contributed by atoms with Gasteiger partial charge in [-0.3, -0.25) is 4.79 Å². The van der Waals surface area contributed by atoms with Gasteiger partial charge in [-0.25, -0.2) is 0 Å². The number of hydrogen-bond donors (Lipinski definition) is 1. The fourth-order valence-corrected chi connectivity index (χ4v) is 3.69. The first-order chi connectivity index (χ1) is 7.27. The van der Waals surface area contributed by atoms with Crippen molar-refractivity contribution in [1.29, 1.82) is 0 Å². The monoisotopic (exact) mass is 277 g/mol. The van der Waals surface area contributed by atoms with E-state index in [1.807, 2.05) is 11.3 Å². The molecule has 1 fully saturated rings. The molecule has 0 aliphatic carbocycles. The first-order valence-corrected chi connectivity index (χ1v) is 7.01. The highest BCUT2D eigenvalue weighted by Gasteiger charge is 2.29. The molecule has 1 aromatic rings. The zero-order chi connectivity index (χ0) is 10.7. The summed E-state index contributed by atoms with van der Waals surface area (Å²) in [5.41, 5.74) is 0. The molecule has 2 atom stereocenters. The van der Waals surface area contributed by atoms with Crippen LogP contribution in [0.4, 0.5) is 0 Å². The van der Waals surface area contributed by atoms with Gasteiger partial charge in [0.05, 0.1) is 0 Å². The Bertz CT molecular complexity index is 329. The standard InChI is InChI=1S/C11H15NOS2.ClH/c1-8(13)15-7-9-5-12-6-10(9)11-3-2-4-14-11;/h2-4,9-10,12H,5-7H2,1H3;1H. The predicted molar refractivity (Wildman–Crippen MR) is 73.8 cm³/mol. The summed E-state index contributed by atoms with van der Waals surface area (Å²) < 4.78 is 0. The Morgan fingerprint density at radius 1 is 1.62 bits per heavy atom. The first kappa shape index (κ1) is 14.0. The highest BCUT2D eigenvalue weighted by molar-refractivity contribution is 8.13. The molecule has 1 N–H and O–H groups in total. The Morgan fingerprint density at radius 2 is 2.44 bits per heavy atom. The third-order valence-corrected chi connectivity index (χ3v) is 4.75. The molecule has 2 heterocycles. The van der Waals surface area contributed by atoms with Crippen LogP contribution in [0, 0.1) is 5.92 Å². The van der Waals surface area contributed by atoms with Crippen LogP contribution in [-0.2, 0) is 4.79 Å². The number of carbonyl (C=O) groups excluding carboxylic acids is 1. The fourth-order valence-electron chi connectivity index (χ4n) is 1.97. The lowest BCUT2D eigenvalue weighted by molar-refractivity contribution is -0.109. The first-order valence-electron chi connectivity index (χ1n) is 5.15. The molecular weight excluding hydrogens is 262 g/mol. The molecule has 1 saturated heterocycles. The molecule has 0 spiro atoms. The predicted octanol–water partition coefficient (Wildman–Crippen LogP) is 2.75. The maximum absolute atomic E-state index is 10.9. The van der Waals surface area contributed by atoms with Gasteiger partial charge in [0.2, 0.25) is 0 Å². The molecule has 2 unspecified atom stereocenters. The highest BCUT2D eigenvalue weighted by atomic mass is 35.5. The zero-order valence-electron chi connectivity index (χ0n) is 9.14. The van der Waals surface area contributed by atoms with Gasteiger partial charge in [0.15, 0.2) is 5.12 Å². The number of rotatable bonds is 3. The van der Waals surface area contributed by atoms with Gasteiger partial charge in [0.1, 0.15) is 0 Å². The summed E-state index contributed by atoms with van der Waals surface area (Å²) in [6, 6.07) is 4.31. The molecule has 2 nitrogen and oxygen atoms in total. The molecule has 0 bridgehead atoms. The lowest BCUT2D eigenvalue weighted by Crippen LogP contribution is -2.13. The van der Waals surface area contributed by atoms with Gasteiger partial charge in [-0.15, -0.1) is 23.7 Å². The second-order valence-electron chi connectivity index (χ2n) is 3.84. The van der Waals surface area contributed by atoms with Crippen LogP contribution < -0.4 is 5.32 Å². The van der Waals surface area contributed by atoms with Crippen LogP contribution in [0.15, 0.2) is 17.5 Å². The number of thiophene rings is 1. The van der Waals surface area contributed by atoms with Crippen molar-refractivity contribution in [3.8, 4) is 0 Å². The van der Waals surface area contributed by atoms with Gasteiger partial charge in [0, 0.05) is 30.0 Å². The normalized spacial score (nSPS) is 24.1. The highest BCUT2D eigenvalue weighted by Crippen LogP contribution is 2.33. The fraction of sp³-hybridized carbons (Fsp3) is 0.545. The number of hydrogen-bond acceptors (Lipinski definition) is 4. The Morgan fingerprint density at radius 3 is 3.06 bits per heavy atom. The van der Waals surface area contributed by atoms with Gasteiger partial charge in [-0.05, 0) is 23.9 Å². The van der Waals surface area contributed by atoms with E-state index in [0.717, 1.165) is 18.8 Å². The molecule has 0 saturated carbocycles. The SMILES string of the molecule is CC(=O)SCC1CNCC1c1cccs1.Cl. The largest absolute Gasteiger partial charge is 0.316 e. The summed E-state index contributed by atoms with van der Waals surface area (Å²) in [5, 5.41) is 5.77. The van der Waals surface area contributed by atoms with Crippen molar-refractivity contribution in [3.05, 3.63) is 22.4 Å². The molecule has 0 radical (unpaired) electrons. The van der Waals surface area contributed by atoms with E-state index in [-0.39, 0.29) is 17.5 Å². The quantitative estimate of drug-likeness (QED) is 0.921. The summed E-state index contributed by atoms with van der Waals surface area (Å²) in [7, 11) is 0. The van der Waals surface area contributed by atoms with Crippen LogP contribution in [0.5, 0.6) is 0 Å². The van der Waals surface area contributed by atoms with Gasteiger partial charge < -0.3 is 5.32 Å². The molecule has 1 aliphatic rings. The van der Waals surface area contributed by atoms with Gasteiger partial charge in [-0.2, -0.15) is 0 Å². The number of thioether (sulfide) groups is 1. The summed E-state index contributed by atoms with van der Waals surface area (Å²) >= 11 is 3.28. The second kappa shape index (κ2) is 6.64. The molecule has 1 aromatic heterocycles. The van der Waals surface area contributed by atoms with E-state index in [2.05, 4.69) is 22.8 Å². The Kier molecular flexibility index (Phi) is 5.83. The van der Waals surface area contributed by atoms with E-state index >= 15 is 0 Å².